The van der Waals surface area contributed by atoms with E-state index in [4.69, 9.17) is 11.6 Å². The third-order valence-electron chi connectivity index (χ3n) is 3.04. The van der Waals surface area contributed by atoms with Gasteiger partial charge in [-0.25, -0.2) is 13.2 Å². The molecule has 0 radical (unpaired) electrons. The van der Waals surface area contributed by atoms with Crippen LogP contribution < -0.4 is 10.6 Å². The molecule has 10 heteroatoms. The second-order valence-electron chi connectivity index (χ2n) is 4.81. The Hall–Kier alpha value is -2.42. The van der Waals surface area contributed by atoms with Crippen LogP contribution in [0.1, 0.15) is 5.56 Å². The predicted octanol–water partition coefficient (Wildman–Crippen LogP) is 4.83. The number of alkyl halides is 3. The van der Waals surface area contributed by atoms with E-state index < -0.39 is 53.0 Å². The number of anilines is 2. The van der Waals surface area contributed by atoms with Gasteiger partial charge in [-0.05, 0) is 30.3 Å². The molecule has 2 aromatic rings. The van der Waals surface area contributed by atoms with Gasteiger partial charge in [0.05, 0.1) is 17.8 Å². The average Bonchev–Trinajstić information content (AvgIpc) is 2.53. The highest BCUT2D eigenvalue weighted by Crippen LogP contribution is 2.36. The summed E-state index contributed by atoms with van der Waals surface area (Å²) < 4.78 is 78.0. The minimum absolute atomic E-state index is 0.147. The lowest BCUT2D eigenvalue weighted by Crippen LogP contribution is -2.24. The van der Waals surface area contributed by atoms with Gasteiger partial charge in [-0.1, -0.05) is 11.6 Å². The first-order valence-electron chi connectivity index (χ1n) is 6.63. The molecule has 2 aromatic carbocycles. The van der Waals surface area contributed by atoms with Gasteiger partial charge in [-0.15, -0.1) is 0 Å². The van der Waals surface area contributed by atoms with Crippen LogP contribution in [0.4, 0.5) is 37.7 Å². The molecule has 0 bridgehead atoms. The number of carbonyl (C=O) groups is 1. The first-order chi connectivity index (χ1) is 11.6. The van der Waals surface area contributed by atoms with Crippen LogP contribution in [-0.4, -0.2) is 12.5 Å². The number of amides is 1. The van der Waals surface area contributed by atoms with Crippen LogP contribution in [0.3, 0.4) is 0 Å². The van der Waals surface area contributed by atoms with Crippen LogP contribution in [0.2, 0.25) is 5.02 Å². The third-order valence-corrected chi connectivity index (χ3v) is 3.27. The molecule has 0 heterocycles. The second-order valence-corrected chi connectivity index (χ2v) is 5.25. The molecule has 134 valence electrons. The van der Waals surface area contributed by atoms with Crippen molar-refractivity contribution < 1.29 is 31.1 Å². The molecule has 3 nitrogen and oxygen atoms in total. The summed E-state index contributed by atoms with van der Waals surface area (Å²) in [6.07, 6.45) is -4.71. The predicted molar refractivity (Wildman–Crippen MR) is 79.9 cm³/mol. The van der Waals surface area contributed by atoms with Crippen LogP contribution in [-0.2, 0) is 11.0 Å². The topological polar surface area (TPSA) is 41.1 Å². The second kappa shape index (κ2) is 7.22. The summed E-state index contributed by atoms with van der Waals surface area (Å²) in [5.74, 6) is -5.80. The molecular formula is C15H9ClF6N2O. The molecule has 0 fully saturated rings. The SMILES string of the molecule is O=C(CNc1ccc(Cl)cc1C(F)(F)F)Nc1ccc(F)c(F)c1F. The summed E-state index contributed by atoms with van der Waals surface area (Å²) in [5, 5.41) is 4.01. The average molecular weight is 383 g/mol. The van der Waals surface area contributed by atoms with Gasteiger partial charge >= 0.3 is 6.18 Å². The summed E-state index contributed by atoms with van der Waals surface area (Å²) in [6, 6.07) is 4.27. The van der Waals surface area contributed by atoms with Crippen LogP contribution in [0.5, 0.6) is 0 Å². The summed E-state index contributed by atoms with van der Waals surface area (Å²) in [6.45, 7) is -0.677. The number of halogens is 7. The molecule has 0 aliphatic heterocycles. The molecule has 1 amide bonds. The zero-order chi connectivity index (χ0) is 18.8. The smallest absolute Gasteiger partial charge is 0.376 e. The molecule has 0 saturated carbocycles. The molecule has 0 spiro atoms. The zero-order valence-corrected chi connectivity index (χ0v) is 12.9. The van der Waals surface area contributed by atoms with E-state index in [1.807, 2.05) is 5.32 Å². The molecule has 0 aromatic heterocycles. The molecule has 2 rings (SSSR count). The van der Waals surface area contributed by atoms with Gasteiger partial charge in [0.1, 0.15) is 0 Å². The molecule has 2 N–H and O–H groups in total. The summed E-state index contributed by atoms with van der Waals surface area (Å²) in [5.41, 5.74) is -2.15. The van der Waals surface area contributed by atoms with Crippen LogP contribution in [0, 0.1) is 17.5 Å². The van der Waals surface area contributed by atoms with E-state index in [1.165, 1.54) is 6.07 Å². The van der Waals surface area contributed by atoms with Crippen molar-refractivity contribution in [2.24, 2.45) is 0 Å². The standard InChI is InChI=1S/C15H9ClF6N2O/c16-7-1-3-10(8(5-7)15(20,21)22)23-6-12(25)24-11-4-2-9(17)13(18)14(11)19/h1-5,23H,6H2,(H,24,25). The fourth-order valence-electron chi connectivity index (χ4n) is 1.90. The Morgan fingerprint density at radius 1 is 1.00 bits per heavy atom. The molecule has 0 aliphatic carbocycles. The van der Waals surface area contributed by atoms with Crippen molar-refractivity contribution in [3.05, 3.63) is 58.4 Å². The van der Waals surface area contributed by atoms with Gasteiger partial charge in [-0.2, -0.15) is 13.2 Å². The van der Waals surface area contributed by atoms with E-state index >= 15 is 0 Å². The first-order valence-corrected chi connectivity index (χ1v) is 7.01. The molecule has 0 aliphatic rings. The Kier molecular flexibility index (Phi) is 5.46. The monoisotopic (exact) mass is 382 g/mol. The maximum Gasteiger partial charge on any atom is 0.418 e. The molecule has 0 atom stereocenters. The Balaban J connectivity index is 2.10. The van der Waals surface area contributed by atoms with Crippen LogP contribution in [0.25, 0.3) is 0 Å². The Labute approximate surface area is 142 Å². The van der Waals surface area contributed by atoms with Gasteiger partial charge in [0.2, 0.25) is 5.91 Å². The number of hydrogen-bond acceptors (Lipinski definition) is 2. The maximum atomic E-state index is 13.4. The van der Waals surface area contributed by atoms with Gasteiger partial charge in [0.15, 0.2) is 17.5 Å². The van der Waals surface area contributed by atoms with Crippen molar-refractivity contribution in [2.75, 3.05) is 17.2 Å². The highest BCUT2D eigenvalue weighted by molar-refractivity contribution is 6.30. The largest absolute Gasteiger partial charge is 0.418 e. The van der Waals surface area contributed by atoms with Gasteiger partial charge in [-0.3, -0.25) is 4.79 Å². The fourth-order valence-corrected chi connectivity index (χ4v) is 2.07. The van der Waals surface area contributed by atoms with Gasteiger partial charge in [0, 0.05) is 10.7 Å². The minimum atomic E-state index is -4.71. The summed E-state index contributed by atoms with van der Waals surface area (Å²) >= 11 is 5.52. The molecule has 25 heavy (non-hydrogen) atoms. The zero-order valence-electron chi connectivity index (χ0n) is 12.1. The van der Waals surface area contributed by atoms with Gasteiger partial charge in [0.25, 0.3) is 0 Å². The van der Waals surface area contributed by atoms with E-state index in [0.29, 0.717) is 12.1 Å². The van der Waals surface area contributed by atoms with Crippen molar-refractivity contribution in [2.45, 2.75) is 6.18 Å². The van der Waals surface area contributed by atoms with E-state index in [-0.39, 0.29) is 5.02 Å². The van der Waals surface area contributed by atoms with E-state index in [9.17, 15) is 31.1 Å². The van der Waals surface area contributed by atoms with Crippen molar-refractivity contribution in [1.29, 1.82) is 0 Å². The Bertz CT molecular complexity index is 809. The normalized spacial score (nSPS) is 11.3. The van der Waals surface area contributed by atoms with Crippen molar-refractivity contribution in [1.82, 2.24) is 0 Å². The highest BCUT2D eigenvalue weighted by atomic mass is 35.5. The van der Waals surface area contributed by atoms with Gasteiger partial charge < -0.3 is 10.6 Å². The number of benzene rings is 2. The minimum Gasteiger partial charge on any atom is -0.376 e. The maximum absolute atomic E-state index is 13.4. The molecular weight excluding hydrogens is 374 g/mol. The number of carbonyl (C=O) groups excluding carboxylic acids is 1. The highest BCUT2D eigenvalue weighted by Gasteiger charge is 2.33. The van der Waals surface area contributed by atoms with Crippen molar-refractivity contribution in [3.8, 4) is 0 Å². The van der Waals surface area contributed by atoms with Crippen LogP contribution >= 0.6 is 11.6 Å². The fraction of sp³-hybridized carbons (Fsp3) is 0.133. The number of hydrogen-bond donors (Lipinski definition) is 2. The molecule has 0 unspecified atom stereocenters. The lowest BCUT2D eigenvalue weighted by Gasteiger charge is -2.15. The lowest BCUT2D eigenvalue weighted by atomic mass is 10.1. The third kappa shape index (κ3) is 4.56. The molecule has 0 saturated heterocycles. The lowest BCUT2D eigenvalue weighted by molar-refractivity contribution is -0.137. The summed E-state index contributed by atoms with van der Waals surface area (Å²) in [4.78, 5) is 11.7. The van der Waals surface area contributed by atoms with E-state index in [0.717, 1.165) is 12.1 Å². The van der Waals surface area contributed by atoms with Crippen molar-refractivity contribution >= 4 is 28.9 Å². The van der Waals surface area contributed by atoms with Crippen LogP contribution in [0.15, 0.2) is 30.3 Å². The first kappa shape index (κ1) is 18.9. The number of rotatable bonds is 4. The summed E-state index contributed by atoms with van der Waals surface area (Å²) in [7, 11) is 0. The Morgan fingerprint density at radius 3 is 2.28 bits per heavy atom. The number of nitrogens with one attached hydrogen (secondary N) is 2. The quantitative estimate of drug-likeness (QED) is 0.587. The van der Waals surface area contributed by atoms with E-state index in [1.54, 1.807) is 0 Å². The van der Waals surface area contributed by atoms with Crippen molar-refractivity contribution in [3.63, 3.8) is 0 Å². The Morgan fingerprint density at radius 2 is 1.64 bits per heavy atom. The van der Waals surface area contributed by atoms with E-state index in [2.05, 4.69) is 5.32 Å².